The molecule has 0 saturated heterocycles. The Labute approximate surface area is 179 Å². The Hall–Kier alpha value is -2.87. The normalized spacial score (nSPS) is 10.9. The molecule has 6 nitrogen and oxygen atoms in total. The number of hydrogen-bond donors (Lipinski definition) is 1. The average molecular weight is 447 g/mol. The van der Waals surface area contributed by atoms with Crippen molar-refractivity contribution in [2.75, 3.05) is 12.4 Å². The Morgan fingerprint density at radius 3 is 2.66 bits per heavy atom. The lowest BCUT2D eigenvalue weighted by Gasteiger charge is -2.00. The summed E-state index contributed by atoms with van der Waals surface area (Å²) >= 11 is 13.2. The quantitative estimate of drug-likeness (QED) is 0.394. The highest BCUT2D eigenvalue weighted by molar-refractivity contribution is 7.22. The van der Waals surface area contributed by atoms with Crippen molar-refractivity contribution in [1.29, 1.82) is 0 Å². The van der Waals surface area contributed by atoms with E-state index in [2.05, 4.69) is 10.3 Å². The molecule has 0 aliphatic heterocycles. The van der Waals surface area contributed by atoms with Gasteiger partial charge in [-0.05, 0) is 48.5 Å². The van der Waals surface area contributed by atoms with E-state index in [1.807, 2.05) is 0 Å². The molecule has 2 heterocycles. The Balaban J connectivity index is 1.54. The minimum Gasteiger partial charge on any atom is -0.465 e. The first kappa shape index (κ1) is 19.4. The van der Waals surface area contributed by atoms with Gasteiger partial charge in [0.2, 0.25) is 0 Å². The monoisotopic (exact) mass is 446 g/mol. The maximum Gasteiger partial charge on any atom is 0.337 e. The molecule has 4 aromatic rings. The van der Waals surface area contributed by atoms with Crippen LogP contribution >= 0.6 is 34.5 Å². The summed E-state index contributed by atoms with van der Waals surface area (Å²) in [6.45, 7) is 0. The third-order valence-corrected chi connectivity index (χ3v) is 5.74. The second-order valence-electron chi connectivity index (χ2n) is 5.94. The molecule has 2 aromatic heterocycles. The average Bonchev–Trinajstić information content (AvgIpc) is 3.35. The minimum atomic E-state index is -0.441. The number of carbonyl (C=O) groups excluding carboxylic acids is 2. The Morgan fingerprint density at radius 1 is 1.07 bits per heavy atom. The zero-order valence-electron chi connectivity index (χ0n) is 14.9. The van der Waals surface area contributed by atoms with Crippen LogP contribution < -0.4 is 5.32 Å². The van der Waals surface area contributed by atoms with Gasteiger partial charge in [0.25, 0.3) is 5.91 Å². The van der Waals surface area contributed by atoms with Crippen molar-refractivity contribution in [3.05, 3.63) is 69.9 Å². The lowest BCUT2D eigenvalue weighted by Crippen LogP contribution is -2.10. The van der Waals surface area contributed by atoms with Gasteiger partial charge >= 0.3 is 5.97 Å². The van der Waals surface area contributed by atoms with E-state index in [1.165, 1.54) is 18.4 Å². The van der Waals surface area contributed by atoms with Gasteiger partial charge in [0.05, 0.1) is 32.9 Å². The zero-order valence-corrected chi connectivity index (χ0v) is 17.2. The molecule has 0 fully saturated rings. The maximum atomic E-state index is 12.5. The van der Waals surface area contributed by atoms with Crippen molar-refractivity contribution in [2.45, 2.75) is 0 Å². The summed E-state index contributed by atoms with van der Waals surface area (Å²) in [5.74, 6) is -0.263. The van der Waals surface area contributed by atoms with Crippen LogP contribution in [-0.4, -0.2) is 24.0 Å². The summed E-state index contributed by atoms with van der Waals surface area (Å²) in [7, 11) is 1.32. The van der Waals surface area contributed by atoms with Gasteiger partial charge in [0, 0.05) is 5.56 Å². The standard InChI is InChI=1S/C20H12Cl2N2O4S/c1-27-19(26)11-3-5-14-17(9-11)29-20(23-14)24-18(25)16-7-6-15(28-16)10-2-4-12(21)13(22)8-10/h2-9H,1H3,(H,23,24,25). The number of esters is 1. The largest absolute Gasteiger partial charge is 0.465 e. The molecule has 0 bridgehead atoms. The Bertz CT molecular complexity index is 1250. The second kappa shape index (κ2) is 7.87. The molecular formula is C20H12Cl2N2O4S. The van der Waals surface area contributed by atoms with Crippen LogP contribution in [0.5, 0.6) is 0 Å². The van der Waals surface area contributed by atoms with Gasteiger partial charge in [-0.2, -0.15) is 0 Å². The molecule has 0 radical (unpaired) electrons. The number of methoxy groups -OCH3 is 1. The van der Waals surface area contributed by atoms with E-state index in [-0.39, 0.29) is 5.76 Å². The van der Waals surface area contributed by atoms with Crippen LogP contribution in [0.2, 0.25) is 10.0 Å². The van der Waals surface area contributed by atoms with Gasteiger partial charge in [-0.25, -0.2) is 9.78 Å². The minimum absolute atomic E-state index is 0.126. The van der Waals surface area contributed by atoms with E-state index in [4.69, 9.17) is 32.4 Å². The number of nitrogens with one attached hydrogen (secondary N) is 1. The summed E-state index contributed by atoms with van der Waals surface area (Å²) in [4.78, 5) is 28.5. The maximum absolute atomic E-state index is 12.5. The SMILES string of the molecule is COC(=O)c1ccc2nc(NC(=O)c3ccc(-c4ccc(Cl)c(Cl)c4)o3)sc2c1. The lowest BCUT2D eigenvalue weighted by molar-refractivity contribution is 0.0601. The van der Waals surface area contributed by atoms with Gasteiger partial charge in [-0.1, -0.05) is 34.5 Å². The zero-order chi connectivity index (χ0) is 20.5. The van der Waals surface area contributed by atoms with Crippen molar-refractivity contribution in [2.24, 2.45) is 0 Å². The fraction of sp³-hybridized carbons (Fsp3) is 0.0500. The molecule has 1 N–H and O–H groups in total. The lowest BCUT2D eigenvalue weighted by atomic mass is 10.2. The van der Waals surface area contributed by atoms with Crippen LogP contribution in [0.3, 0.4) is 0 Å². The number of halogens is 2. The third kappa shape index (κ3) is 3.98. The Kier molecular flexibility index (Phi) is 5.27. The summed E-state index contributed by atoms with van der Waals surface area (Å²) in [6.07, 6.45) is 0. The van der Waals surface area contributed by atoms with Crippen molar-refractivity contribution < 1.29 is 18.7 Å². The van der Waals surface area contributed by atoms with E-state index in [0.717, 1.165) is 4.70 Å². The smallest absolute Gasteiger partial charge is 0.337 e. The number of furan rings is 1. The van der Waals surface area contributed by atoms with Crippen LogP contribution in [0.1, 0.15) is 20.9 Å². The number of anilines is 1. The first-order valence-corrected chi connectivity index (χ1v) is 9.87. The van der Waals surface area contributed by atoms with Crippen LogP contribution in [0.15, 0.2) is 52.9 Å². The summed E-state index contributed by atoms with van der Waals surface area (Å²) in [6, 6.07) is 13.3. The van der Waals surface area contributed by atoms with E-state index < -0.39 is 11.9 Å². The molecule has 146 valence electrons. The van der Waals surface area contributed by atoms with Gasteiger partial charge in [0.1, 0.15) is 5.76 Å². The molecule has 1 amide bonds. The number of nitrogens with zero attached hydrogens (tertiary/aromatic N) is 1. The molecule has 0 saturated carbocycles. The van der Waals surface area contributed by atoms with Gasteiger partial charge in [-0.15, -0.1) is 0 Å². The molecule has 29 heavy (non-hydrogen) atoms. The number of thiazole rings is 1. The van der Waals surface area contributed by atoms with Crippen molar-refractivity contribution in [3.63, 3.8) is 0 Å². The third-order valence-electron chi connectivity index (χ3n) is 4.06. The number of aromatic nitrogens is 1. The molecule has 2 aromatic carbocycles. The predicted molar refractivity (Wildman–Crippen MR) is 113 cm³/mol. The first-order valence-electron chi connectivity index (χ1n) is 8.30. The van der Waals surface area contributed by atoms with Gasteiger partial charge in [-0.3, -0.25) is 10.1 Å². The van der Waals surface area contributed by atoms with Gasteiger partial charge in [0.15, 0.2) is 10.9 Å². The predicted octanol–water partition coefficient (Wildman–Crippen LogP) is 5.90. The summed E-state index contributed by atoms with van der Waals surface area (Å²) < 4.78 is 11.1. The number of ether oxygens (including phenoxy) is 1. The second-order valence-corrected chi connectivity index (χ2v) is 7.79. The van der Waals surface area contributed by atoms with E-state index in [9.17, 15) is 9.59 Å². The van der Waals surface area contributed by atoms with Crippen LogP contribution in [0.25, 0.3) is 21.5 Å². The number of fused-ring (bicyclic) bond motifs is 1. The fourth-order valence-corrected chi connectivity index (χ4v) is 3.84. The van der Waals surface area contributed by atoms with Crippen molar-refractivity contribution in [3.8, 4) is 11.3 Å². The summed E-state index contributed by atoms with van der Waals surface area (Å²) in [5, 5.41) is 3.93. The molecule has 9 heteroatoms. The molecule has 0 unspecified atom stereocenters. The summed E-state index contributed by atoms with van der Waals surface area (Å²) in [5.41, 5.74) is 1.78. The molecule has 0 spiro atoms. The van der Waals surface area contributed by atoms with Crippen LogP contribution in [0.4, 0.5) is 5.13 Å². The molecular weight excluding hydrogens is 435 g/mol. The van der Waals surface area contributed by atoms with E-state index in [0.29, 0.717) is 37.6 Å². The Morgan fingerprint density at radius 2 is 1.90 bits per heavy atom. The van der Waals surface area contributed by atoms with Crippen LogP contribution in [0, 0.1) is 0 Å². The van der Waals surface area contributed by atoms with E-state index >= 15 is 0 Å². The highest BCUT2D eigenvalue weighted by atomic mass is 35.5. The van der Waals surface area contributed by atoms with E-state index in [1.54, 1.807) is 48.5 Å². The first-order chi connectivity index (χ1) is 13.9. The van der Waals surface area contributed by atoms with Crippen molar-refractivity contribution in [1.82, 2.24) is 4.98 Å². The number of carbonyl (C=O) groups is 2. The number of rotatable bonds is 4. The van der Waals surface area contributed by atoms with Gasteiger partial charge < -0.3 is 9.15 Å². The molecule has 0 aliphatic rings. The highest BCUT2D eigenvalue weighted by Crippen LogP contribution is 2.31. The van der Waals surface area contributed by atoms with Crippen LogP contribution in [-0.2, 0) is 4.74 Å². The number of benzene rings is 2. The number of amides is 1. The molecule has 4 rings (SSSR count). The topological polar surface area (TPSA) is 81.4 Å². The molecule has 0 atom stereocenters. The highest BCUT2D eigenvalue weighted by Gasteiger charge is 2.16. The number of hydrogen-bond acceptors (Lipinski definition) is 6. The molecule has 0 aliphatic carbocycles. The fourth-order valence-electron chi connectivity index (χ4n) is 2.65. The van der Waals surface area contributed by atoms with Crippen molar-refractivity contribution >= 4 is 61.8 Å².